The fourth-order valence-corrected chi connectivity index (χ4v) is 3.67. The number of hydrogen-bond donors (Lipinski definition) is 1. The average molecular weight is 324 g/mol. The first-order valence-corrected chi connectivity index (χ1v) is 8.51. The van der Waals surface area contributed by atoms with E-state index in [0.29, 0.717) is 19.8 Å². The first-order chi connectivity index (χ1) is 11.4. The van der Waals surface area contributed by atoms with Crippen LogP contribution in [0.15, 0.2) is 41.0 Å². The summed E-state index contributed by atoms with van der Waals surface area (Å²) < 4.78 is 5.18. The lowest BCUT2D eigenvalue weighted by Crippen LogP contribution is -2.56. The molecule has 0 saturated carbocycles. The highest BCUT2D eigenvalue weighted by Gasteiger charge is 2.43. The second-order valence-corrected chi connectivity index (χ2v) is 7.50. The Bertz CT molecular complexity index is 774. The molecule has 1 atom stereocenters. The number of aryl methyl sites for hydroxylation is 1. The predicted molar refractivity (Wildman–Crippen MR) is 96.0 cm³/mol. The summed E-state index contributed by atoms with van der Waals surface area (Å²) in [6, 6.07) is 6.44. The van der Waals surface area contributed by atoms with Crippen LogP contribution in [0.4, 0.5) is 0 Å². The van der Waals surface area contributed by atoms with Crippen LogP contribution in [-0.2, 0) is 4.74 Å². The third-order valence-corrected chi connectivity index (χ3v) is 5.48. The lowest BCUT2D eigenvalue weighted by Gasteiger charge is -2.40. The fraction of sp³-hybridized carbons (Fsp3) is 0.450. The highest BCUT2D eigenvalue weighted by atomic mass is 16.5. The van der Waals surface area contributed by atoms with Gasteiger partial charge in [0, 0.05) is 5.70 Å². The predicted octanol–water partition coefficient (Wildman–Crippen LogP) is 2.84. The van der Waals surface area contributed by atoms with Crippen molar-refractivity contribution in [3.8, 4) is 0 Å². The van der Waals surface area contributed by atoms with Crippen LogP contribution in [0.2, 0.25) is 0 Å². The maximum atomic E-state index is 10.4. The van der Waals surface area contributed by atoms with Crippen LogP contribution in [0.25, 0.3) is 5.57 Å². The standard InChI is InChI=1S/C20H24N2O2/c1-14-5-4-6-17(15(14)2)16-7-8-19(3)18(9-16)22(13-21-19)10-20(23)11-24-12-20/h4-7,9,13,23H,8,10-12H2,1-3H3. The minimum absolute atomic E-state index is 0.220. The van der Waals surface area contributed by atoms with Gasteiger partial charge < -0.3 is 14.7 Å². The minimum Gasteiger partial charge on any atom is -0.383 e. The molecule has 4 rings (SSSR count). The van der Waals surface area contributed by atoms with Crippen LogP contribution in [0, 0.1) is 13.8 Å². The number of nitrogens with zero attached hydrogens (tertiary/aromatic N) is 2. The largest absolute Gasteiger partial charge is 0.383 e. The van der Waals surface area contributed by atoms with E-state index in [1.165, 1.54) is 28.0 Å². The molecule has 24 heavy (non-hydrogen) atoms. The SMILES string of the molecule is Cc1cccc(C2=CCC3(C)N=CN(CC4(O)COC4)C3=C2)c1C. The monoisotopic (exact) mass is 324 g/mol. The summed E-state index contributed by atoms with van der Waals surface area (Å²) >= 11 is 0. The molecule has 2 aliphatic heterocycles. The molecule has 0 bridgehead atoms. The van der Waals surface area contributed by atoms with Crippen molar-refractivity contribution in [1.82, 2.24) is 4.90 Å². The van der Waals surface area contributed by atoms with Gasteiger partial charge in [-0.25, -0.2) is 0 Å². The van der Waals surface area contributed by atoms with Gasteiger partial charge >= 0.3 is 0 Å². The Balaban J connectivity index is 1.67. The van der Waals surface area contributed by atoms with E-state index in [4.69, 9.17) is 9.73 Å². The van der Waals surface area contributed by atoms with Gasteiger partial charge in [-0.2, -0.15) is 0 Å². The Labute approximate surface area is 143 Å². The third-order valence-electron chi connectivity index (χ3n) is 5.48. The Morgan fingerprint density at radius 2 is 2.08 bits per heavy atom. The Morgan fingerprint density at radius 1 is 1.29 bits per heavy atom. The van der Waals surface area contributed by atoms with Crippen molar-refractivity contribution in [2.45, 2.75) is 38.3 Å². The van der Waals surface area contributed by atoms with Crippen LogP contribution in [0.3, 0.4) is 0 Å². The van der Waals surface area contributed by atoms with Crippen molar-refractivity contribution in [3.05, 3.63) is 52.7 Å². The number of aliphatic hydroxyl groups is 1. The summed E-state index contributed by atoms with van der Waals surface area (Å²) in [5, 5.41) is 10.4. The lowest BCUT2D eigenvalue weighted by molar-refractivity contribution is -0.180. The van der Waals surface area contributed by atoms with Gasteiger partial charge in [-0.1, -0.05) is 24.3 Å². The molecule has 4 nitrogen and oxygen atoms in total. The molecule has 0 amide bonds. The Kier molecular flexibility index (Phi) is 3.44. The van der Waals surface area contributed by atoms with E-state index in [2.05, 4.69) is 56.0 Å². The molecule has 3 aliphatic rings. The van der Waals surface area contributed by atoms with Crippen molar-refractivity contribution in [2.75, 3.05) is 19.8 Å². The molecule has 1 aliphatic carbocycles. The van der Waals surface area contributed by atoms with Crippen molar-refractivity contribution in [3.63, 3.8) is 0 Å². The summed E-state index contributed by atoms with van der Waals surface area (Å²) in [7, 11) is 0. The maximum absolute atomic E-state index is 10.4. The van der Waals surface area contributed by atoms with E-state index in [1.807, 2.05) is 6.34 Å². The third kappa shape index (κ3) is 2.41. The second-order valence-electron chi connectivity index (χ2n) is 7.50. The zero-order valence-electron chi connectivity index (χ0n) is 14.5. The Morgan fingerprint density at radius 3 is 2.79 bits per heavy atom. The molecule has 1 N–H and O–H groups in total. The smallest absolute Gasteiger partial charge is 0.129 e. The summed E-state index contributed by atoms with van der Waals surface area (Å²) in [6.07, 6.45) is 7.28. The Hall–Kier alpha value is -1.91. The van der Waals surface area contributed by atoms with Crippen LogP contribution in [0.5, 0.6) is 0 Å². The van der Waals surface area contributed by atoms with Crippen molar-refractivity contribution < 1.29 is 9.84 Å². The minimum atomic E-state index is -0.751. The van der Waals surface area contributed by atoms with E-state index in [-0.39, 0.29) is 5.54 Å². The van der Waals surface area contributed by atoms with Gasteiger partial charge in [0.25, 0.3) is 0 Å². The first-order valence-electron chi connectivity index (χ1n) is 8.51. The second kappa shape index (κ2) is 5.30. The molecule has 2 heterocycles. The number of aliphatic imine (C=N–C) groups is 1. The molecular weight excluding hydrogens is 300 g/mol. The van der Waals surface area contributed by atoms with Gasteiger partial charge in [0.1, 0.15) is 11.1 Å². The first kappa shape index (κ1) is 15.6. The van der Waals surface area contributed by atoms with Crippen molar-refractivity contribution in [2.24, 2.45) is 4.99 Å². The van der Waals surface area contributed by atoms with Crippen molar-refractivity contribution >= 4 is 11.9 Å². The summed E-state index contributed by atoms with van der Waals surface area (Å²) in [6.45, 7) is 7.83. The summed E-state index contributed by atoms with van der Waals surface area (Å²) in [5.41, 5.74) is 5.35. The fourth-order valence-electron chi connectivity index (χ4n) is 3.67. The molecule has 1 aromatic carbocycles. The molecule has 0 aromatic heterocycles. The molecule has 1 fully saturated rings. The summed E-state index contributed by atoms with van der Waals surface area (Å²) in [4.78, 5) is 6.82. The average Bonchev–Trinajstić information content (AvgIpc) is 2.85. The normalized spacial score (nSPS) is 27.4. The topological polar surface area (TPSA) is 45.1 Å². The van der Waals surface area contributed by atoms with E-state index < -0.39 is 5.60 Å². The number of rotatable bonds is 3. The molecule has 4 heteroatoms. The van der Waals surface area contributed by atoms with Crippen LogP contribution >= 0.6 is 0 Å². The number of hydrogen-bond acceptors (Lipinski definition) is 4. The molecular formula is C20H24N2O2. The van der Waals surface area contributed by atoms with E-state index in [1.54, 1.807) is 0 Å². The molecule has 1 aromatic rings. The van der Waals surface area contributed by atoms with Gasteiger partial charge in [-0.15, -0.1) is 0 Å². The van der Waals surface area contributed by atoms with Crippen LogP contribution < -0.4 is 0 Å². The molecule has 0 spiro atoms. The van der Waals surface area contributed by atoms with Crippen LogP contribution in [0.1, 0.15) is 30.0 Å². The van der Waals surface area contributed by atoms with E-state index in [9.17, 15) is 5.11 Å². The van der Waals surface area contributed by atoms with Gasteiger partial charge in [-0.3, -0.25) is 4.99 Å². The van der Waals surface area contributed by atoms with E-state index in [0.717, 1.165) is 6.42 Å². The highest BCUT2D eigenvalue weighted by molar-refractivity contribution is 5.81. The van der Waals surface area contributed by atoms with Crippen LogP contribution in [-0.4, -0.2) is 47.2 Å². The number of ether oxygens (including phenoxy) is 1. The molecule has 0 radical (unpaired) electrons. The van der Waals surface area contributed by atoms with Gasteiger partial charge in [0.05, 0.1) is 26.1 Å². The molecule has 1 saturated heterocycles. The number of benzene rings is 1. The zero-order chi connectivity index (χ0) is 16.9. The summed E-state index contributed by atoms with van der Waals surface area (Å²) in [5.74, 6) is 0. The van der Waals surface area contributed by atoms with E-state index >= 15 is 0 Å². The number of allylic oxidation sites excluding steroid dienone is 2. The molecule has 1 unspecified atom stereocenters. The number of fused-ring (bicyclic) bond motifs is 1. The van der Waals surface area contributed by atoms with Crippen molar-refractivity contribution in [1.29, 1.82) is 0 Å². The molecule has 126 valence electrons. The van der Waals surface area contributed by atoms with Gasteiger partial charge in [0.15, 0.2) is 0 Å². The number of β-amino-alcohol motifs (C(OH)–C–C–N with tert-alkyl or cyclic N) is 1. The highest BCUT2D eigenvalue weighted by Crippen LogP contribution is 2.41. The van der Waals surface area contributed by atoms with Gasteiger partial charge in [-0.05, 0) is 55.5 Å². The quantitative estimate of drug-likeness (QED) is 0.930. The zero-order valence-corrected chi connectivity index (χ0v) is 14.5. The lowest BCUT2D eigenvalue weighted by atomic mass is 9.84. The van der Waals surface area contributed by atoms with Gasteiger partial charge in [0.2, 0.25) is 0 Å². The maximum Gasteiger partial charge on any atom is 0.129 e.